The van der Waals surface area contributed by atoms with Crippen LogP contribution in [-0.4, -0.2) is 53.3 Å². The molecule has 1 aliphatic heterocycles. The van der Waals surface area contributed by atoms with E-state index < -0.39 is 5.60 Å². The van der Waals surface area contributed by atoms with Crippen LogP contribution < -0.4 is 0 Å². The Labute approximate surface area is 247 Å². The van der Waals surface area contributed by atoms with Crippen molar-refractivity contribution in [2.75, 3.05) is 19.7 Å². The van der Waals surface area contributed by atoms with E-state index in [9.17, 15) is 9.59 Å². The van der Waals surface area contributed by atoms with Crippen LogP contribution in [0.5, 0.6) is 0 Å². The van der Waals surface area contributed by atoms with Crippen LogP contribution in [0.25, 0.3) is 0 Å². The fourth-order valence-corrected chi connectivity index (χ4v) is 7.97. The zero-order valence-electron chi connectivity index (χ0n) is 26.5. The molecule has 0 radical (unpaired) electrons. The average Bonchev–Trinajstić information content (AvgIpc) is 3.60. The Balaban J connectivity index is 1.39. The predicted octanol–water partition coefficient (Wildman–Crippen LogP) is 7.35. The van der Waals surface area contributed by atoms with E-state index in [0.29, 0.717) is 30.8 Å². The summed E-state index contributed by atoms with van der Waals surface area (Å²) in [6.07, 6.45) is 11.5. The van der Waals surface area contributed by atoms with E-state index in [2.05, 4.69) is 18.7 Å². The largest absolute Gasteiger partial charge is 0.466 e. The summed E-state index contributed by atoms with van der Waals surface area (Å²) in [5.41, 5.74) is 1.77. The lowest BCUT2D eigenvalue weighted by atomic mass is 9.64. The van der Waals surface area contributed by atoms with Gasteiger partial charge in [0, 0.05) is 23.4 Å². The molecule has 4 unspecified atom stereocenters. The van der Waals surface area contributed by atoms with Crippen LogP contribution in [0.2, 0.25) is 0 Å². The molecule has 5 rings (SSSR count). The SMILES string of the molecule is CCOC(=O)C1CC(CC(CC(=O)OC(C)(C)C)c2noc(C3CC(CC(C)C)C3)c2C2CC2)C1N1CCCCC1. The Kier molecular flexibility index (Phi) is 9.52. The van der Waals surface area contributed by atoms with Crippen LogP contribution >= 0.6 is 0 Å². The maximum atomic E-state index is 13.3. The Morgan fingerprint density at radius 3 is 2.34 bits per heavy atom. The zero-order chi connectivity index (χ0) is 29.3. The molecule has 4 fully saturated rings. The van der Waals surface area contributed by atoms with E-state index in [1.807, 2.05) is 27.7 Å². The molecule has 2 heterocycles. The Morgan fingerprint density at radius 2 is 1.73 bits per heavy atom. The first-order chi connectivity index (χ1) is 19.5. The molecule has 230 valence electrons. The molecule has 0 N–H and O–H groups in total. The summed E-state index contributed by atoms with van der Waals surface area (Å²) in [6.45, 7) is 14.8. The fraction of sp³-hybridized carbons (Fsp3) is 0.853. The maximum absolute atomic E-state index is 13.3. The molecule has 7 nitrogen and oxygen atoms in total. The summed E-state index contributed by atoms with van der Waals surface area (Å²) in [4.78, 5) is 28.7. The molecule has 1 aromatic heterocycles. The van der Waals surface area contributed by atoms with E-state index in [1.54, 1.807) is 0 Å². The highest BCUT2D eigenvalue weighted by Gasteiger charge is 2.51. The first-order valence-electron chi connectivity index (χ1n) is 16.7. The number of hydrogen-bond acceptors (Lipinski definition) is 7. The molecule has 4 atom stereocenters. The third kappa shape index (κ3) is 7.37. The Hall–Kier alpha value is -1.89. The number of ether oxygens (including phenoxy) is 2. The molecule has 0 aromatic carbocycles. The highest BCUT2D eigenvalue weighted by atomic mass is 16.6. The van der Waals surface area contributed by atoms with Gasteiger partial charge in [0.25, 0.3) is 0 Å². The molecule has 4 aliphatic rings. The van der Waals surface area contributed by atoms with Gasteiger partial charge in [0.05, 0.1) is 24.6 Å². The lowest BCUT2D eigenvalue weighted by Gasteiger charge is -2.51. The summed E-state index contributed by atoms with van der Waals surface area (Å²) in [5.74, 6) is 3.49. The molecule has 0 amide bonds. The van der Waals surface area contributed by atoms with Crippen molar-refractivity contribution >= 4 is 11.9 Å². The normalized spacial score (nSPS) is 29.5. The van der Waals surface area contributed by atoms with Gasteiger partial charge in [-0.3, -0.25) is 14.5 Å². The number of likely N-dealkylation sites (tertiary alicyclic amines) is 1. The van der Waals surface area contributed by atoms with Crippen molar-refractivity contribution < 1.29 is 23.6 Å². The Morgan fingerprint density at radius 1 is 1.02 bits per heavy atom. The second-order valence-corrected chi connectivity index (χ2v) is 14.9. The van der Waals surface area contributed by atoms with E-state index in [0.717, 1.165) is 49.2 Å². The van der Waals surface area contributed by atoms with Crippen molar-refractivity contribution in [3.63, 3.8) is 0 Å². The molecule has 41 heavy (non-hydrogen) atoms. The first-order valence-corrected chi connectivity index (χ1v) is 16.7. The van der Waals surface area contributed by atoms with Crippen molar-refractivity contribution in [1.29, 1.82) is 0 Å². The van der Waals surface area contributed by atoms with Crippen LogP contribution in [0.1, 0.15) is 147 Å². The van der Waals surface area contributed by atoms with Gasteiger partial charge >= 0.3 is 11.9 Å². The zero-order valence-corrected chi connectivity index (χ0v) is 26.5. The molecule has 0 spiro atoms. The van der Waals surface area contributed by atoms with Crippen LogP contribution in [0.4, 0.5) is 0 Å². The molecule has 0 bridgehead atoms. The van der Waals surface area contributed by atoms with Gasteiger partial charge in [0.2, 0.25) is 0 Å². The molecule has 3 aliphatic carbocycles. The second-order valence-electron chi connectivity index (χ2n) is 14.9. The van der Waals surface area contributed by atoms with E-state index >= 15 is 0 Å². The van der Waals surface area contributed by atoms with Gasteiger partial charge in [-0.2, -0.15) is 0 Å². The third-order valence-corrected chi connectivity index (χ3v) is 9.84. The quantitative estimate of drug-likeness (QED) is 0.243. The van der Waals surface area contributed by atoms with E-state index in [1.165, 1.54) is 56.9 Å². The van der Waals surface area contributed by atoms with Crippen molar-refractivity contribution in [1.82, 2.24) is 10.1 Å². The highest BCUT2D eigenvalue weighted by molar-refractivity contribution is 5.75. The van der Waals surface area contributed by atoms with Crippen LogP contribution in [-0.2, 0) is 19.1 Å². The molecular formula is C34H54N2O5. The summed E-state index contributed by atoms with van der Waals surface area (Å²) in [6, 6.07) is 0.176. The number of piperidine rings is 1. The highest BCUT2D eigenvalue weighted by Crippen LogP contribution is 2.54. The molecule has 3 saturated carbocycles. The summed E-state index contributed by atoms with van der Waals surface area (Å²) < 4.78 is 17.5. The lowest BCUT2D eigenvalue weighted by molar-refractivity contribution is -0.162. The van der Waals surface area contributed by atoms with E-state index in [4.69, 9.17) is 19.2 Å². The fourth-order valence-electron chi connectivity index (χ4n) is 7.97. The van der Waals surface area contributed by atoms with Gasteiger partial charge in [-0.05, 0) is 122 Å². The number of hydrogen-bond donors (Lipinski definition) is 0. The van der Waals surface area contributed by atoms with Gasteiger partial charge in [0.1, 0.15) is 11.4 Å². The molecule has 7 heteroatoms. The minimum atomic E-state index is -0.533. The number of esters is 2. The standard InChI is InChI=1S/C34H54N2O5/c1-7-39-33(38)27-19-25(31(27)36-13-9-8-10-14-36)18-24(20-28(37)40-34(4,5)6)30-29(23-11-12-23)32(41-35-30)26-16-22(17-26)15-21(2)3/h21-27,31H,7-20H2,1-6H3. The number of carbonyl (C=O) groups excluding carboxylic acids is 2. The van der Waals surface area contributed by atoms with E-state index in [-0.39, 0.29) is 29.8 Å². The second kappa shape index (κ2) is 12.8. The van der Waals surface area contributed by atoms with Gasteiger partial charge in [-0.25, -0.2) is 0 Å². The minimum absolute atomic E-state index is 0.0636. The molecule has 1 aromatic rings. The minimum Gasteiger partial charge on any atom is -0.466 e. The van der Waals surface area contributed by atoms with Crippen LogP contribution in [0, 0.1) is 23.7 Å². The van der Waals surface area contributed by atoms with Crippen molar-refractivity contribution in [2.45, 2.75) is 142 Å². The smallest absolute Gasteiger partial charge is 0.310 e. The first kappa shape index (κ1) is 30.6. The van der Waals surface area contributed by atoms with Crippen LogP contribution in [0.15, 0.2) is 4.52 Å². The predicted molar refractivity (Wildman–Crippen MR) is 159 cm³/mol. The third-order valence-electron chi connectivity index (χ3n) is 9.84. The number of nitrogens with zero attached hydrogens (tertiary/aromatic N) is 2. The topological polar surface area (TPSA) is 81.9 Å². The molecular weight excluding hydrogens is 516 g/mol. The maximum Gasteiger partial charge on any atom is 0.310 e. The van der Waals surface area contributed by atoms with Gasteiger partial charge in [0.15, 0.2) is 0 Å². The van der Waals surface area contributed by atoms with Gasteiger partial charge < -0.3 is 14.0 Å². The average molecular weight is 571 g/mol. The number of aromatic nitrogens is 1. The summed E-state index contributed by atoms with van der Waals surface area (Å²) in [7, 11) is 0. The lowest BCUT2D eigenvalue weighted by Crippen LogP contribution is -2.58. The van der Waals surface area contributed by atoms with Crippen molar-refractivity contribution in [2.24, 2.45) is 23.7 Å². The monoisotopic (exact) mass is 570 g/mol. The van der Waals surface area contributed by atoms with Crippen molar-refractivity contribution in [3.05, 3.63) is 17.0 Å². The molecule has 1 saturated heterocycles. The van der Waals surface area contributed by atoms with Gasteiger partial charge in [-0.15, -0.1) is 0 Å². The summed E-state index contributed by atoms with van der Waals surface area (Å²) in [5, 5.41) is 4.76. The number of rotatable bonds is 12. The number of carbonyl (C=O) groups is 2. The summed E-state index contributed by atoms with van der Waals surface area (Å²) >= 11 is 0. The van der Waals surface area contributed by atoms with Crippen molar-refractivity contribution in [3.8, 4) is 0 Å². The van der Waals surface area contributed by atoms with Crippen LogP contribution in [0.3, 0.4) is 0 Å². The van der Waals surface area contributed by atoms with Gasteiger partial charge in [-0.1, -0.05) is 25.4 Å². The Bertz CT molecular complexity index is 1040.